The third kappa shape index (κ3) is 3.88. The minimum atomic E-state index is 0.0193. The molecule has 2 aromatic carbocycles. The summed E-state index contributed by atoms with van der Waals surface area (Å²) in [5, 5.41) is 1.18. The van der Waals surface area contributed by atoms with Gasteiger partial charge in [0.1, 0.15) is 11.3 Å². The zero-order valence-electron chi connectivity index (χ0n) is 23.5. The lowest BCUT2D eigenvalue weighted by Gasteiger charge is -2.27. The Morgan fingerprint density at radius 1 is 1.07 bits per heavy atom. The fourth-order valence-electron chi connectivity index (χ4n) is 7.17. The Hall–Kier alpha value is -4.17. The monoisotopic (exact) mass is 546 g/mol. The normalized spacial score (nSPS) is 21.8. The minimum Gasteiger partial charge on any atom is -0.494 e. The van der Waals surface area contributed by atoms with Crippen LogP contribution in [0.15, 0.2) is 60.9 Å². The van der Waals surface area contributed by atoms with Crippen LogP contribution in [0.3, 0.4) is 0 Å². The van der Waals surface area contributed by atoms with Crippen molar-refractivity contribution >= 4 is 27.8 Å². The summed E-state index contributed by atoms with van der Waals surface area (Å²) in [5.41, 5.74) is 13.2. The Morgan fingerprint density at radius 2 is 1.95 bits per heavy atom. The maximum absolute atomic E-state index is 13.7. The number of benzene rings is 2. The van der Waals surface area contributed by atoms with Gasteiger partial charge in [0, 0.05) is 66.6 Å². The summed E-state index contributed by atoms with van der Waals surface area (Å²) in [6, 6.07) is 16.9. The molecule has 2 aliphatic carbocycles. The topological polar surface area (TPSA) is 91.2 Å². The molecule has 2 bridgehead atoms. The summed E-state index contributed by atoms with van der Waals surface area (Å²) in [7, 11) is 3.70. The number of hydrogen-bond acceptors (Lipinski definition) is 5. The first kappa shape index (κ1) is 24.6. The van der Waals surface area contributed by atoms with Gasteiger partial charge in [0.15, 0.2) is 5.82 Å². The van der Waals surface area contributed by atoms with Crippen LogP contribution in [0.5, 0.6) is 5.75 Å². The molecule has 3 aliphatic rings. The number of hydrogen-bond donors (Lipinski definition) is 1. The minimum absolute atomic E-state index is 0.0193. The first-order valence-electron chi connectivity index (χ1n) is 14.6. The second-order valence-electron chi connectivity index (χ2n) is 12.1. The number of methoxy groups -OCH3 is 1. The Morgan fingerprint density at radius 3 is 2.66 bits per heavy atom. The molecule has 1 saturated heterocycles. The molecular weight excluding hydrogens is 512 g/mol. The van der Waals surface area contributed by atoms with Gasteiger partial charge in [-0.2, -0.15) is 0 Å². The van der Waals surface area contributed by atoms with E-state index in [9.17, 15) is 4.79 Å². The highest BCUT2D eigenvalue weighted by molar-refractivity contribution is 6.00. The van der Waals surface area contributed by atoms with Crippen LogP contribution < -0.4 is 10.5 Å². The van der Waals surface area contributed by atoms with Crippen molar-refractivity contribution in [1.82, 2.24) is 24.0 Å². The molecule has 1 aliphatic heterocycles. The van der Waals surface area contributed by atoms with E-state index in [2.05, 4.69) is 44.5 Å². The SMILES string of the molecule is COc1cc(C(=O)N2C[C@H]3CC[C@@H]2[C@@H]3N)cc2nc(-c3cc4ccc(-c5cccnc5)cc4n3CC3CC3)n(C)c12. The van der Waals surface area contributed by atoms with Crippen molar-refractivity contribution in [2.75, 3.05) is 13.7 Å². The van der Waals surface area contributed by atoms with Crippen LogP contribution in [0.4, 0.5) is 0 Å². The van der Waals surface area contributed by atoms with Crippen molar-refractivity contribution in [3.63, 3.8) is 0 Å². The molecule has 4 heterocycles. The summed E-state index contributed by atoms with van der Waals surface area (Å²) in [6.45, 7) is 1.69. The highest BCUT2D eigenvalue weighted by Crippen LogP contribution is 2.40. The van der Waals surface area contributed by atoms with Crippen LogP contribution in [0, 0.1) is 11.8 Å². The maximum Gasteiger partial charge on any atom is 0.254 e. The number of carbonyl (C=O) groups is 1. The molecule has 0 spiro atoms. The molecule has 5 aromatic rings. The van der Waals surface area contributed by atoms with Crippen LogP contribution in [0.2, 0.25) is 0 Å². The van der Waals surface area contributed by atoms with Gasteiger partial charge in [-0.05, 0) is 73.4 Å². The molecule has 3 fully saturated rings. The second kappa shape index (κ2) is 9.17. The molecule has 2 saturated carbocycles. The lowest BCUT2D eigenvalue weighted by atomic mass is 10.1. The number of nitrogens with zero attached hydrogens (tertiary/aromatic N) is 5. The number of rotatable bonds is 6. The van der Waals surface area contributed by atoms with Crippen molar-refractivity contribution < 1.29 is 9.53 Å². The van der Waals surface area contributed by atoms with Crippen LogP contribution in [0.1, 0.15) is 36.0 Å². The summed E-state index contributed by atoms with van der Waals surface area (Å²) in [6.07, 6.45) is 8.32. The summed E-state index contributed by atoms with van der Waals surface area (Å²) >= 11 is 0. The summed E-state index contributed by atoms with van der Waals surface area (Å²) in [5.74, 6) is 2.63. The van der Waals surface area contributed by atoms with E-state index in [-0.39, 0.29) is 18.0 Å². The van der Waals surface area contributed by atoms with Gasteiger partial charge in [-0.1, -0.05) is 18.2 Å². The summed E-state index contributed by atoms with van der Waals surface area (Å²) in [4.78, 5) is 25.1. The van der Waals surface area contributed by atoms with Gasteiger partial charge in [0.05, 0.1) is 18.3 Å². The van der Waals surface area contributed by atoms with Crippen LogP contribution in [-0.4, -0.2) is 55.6 Å². The lowest BCUT2D eigenvalue weighted by Crippen LogP contribution is -2.41. The lowest BCUT2D eigenvalue weighted by molar-refractivity contribution is 0.0700. The van der Waals surface area contributed by atoms with Gasteiger partial charge in [-0.25, -0.2) is 4.98 Å². The molecular formula is C33H34N6O2. The van der Waals surface area contributed by atoms with Crippen molar-refractivity contribution in [2.24, 2.45) is 24.6 Å². The van der Waals surface area contributed by atoms with Gasteiger partial charge in [-0.3, -0.25) is 9.78 Å². The van der Waals surface area contributed by atoms with Crippen LogP contribution in [0.25, 0.3) is 44.6 Å². The van der Waals surface area contributed by atoms with E-state index < -0.39 is 0 Å². The molecule has 41 heavy (non-hydrogen) atoms. The number of aryl methyl sites for hydroxylation is 1. The highest BCUT2D eigenvalue weighted by Gasteiger charge is 2.47. The molecule has 0 radical (unpaired) electrons. The first-order chi connectivity index (χ1) is 20.0. The third-order valence-electron chi connectivity index (χ3n) is 9.58. The Balaban J connectivity index is 1.25. The zero-order chi connectivity index (χ0) is 27.8. The molecule has 3 aromatic heterocycles. The van der Waals surface area contributed by atoms with Crippen LogP contribution in [-0.2, 0) is 13.6 Å². The molecule has 2 N–H and O–H groups in total. The average Bonchev–Trinajstić information content (AvgIpc) is 3.41. The van der Waals surface area contributed by atoms with E-state index in [4.69, 9.17) is 15.5 Å². The first-order valence-corrected chi connectivity index (χ1v) is 14.6. The van der Waals surface area contributed by atoms with Crippen molar-refractivity contribution in [1.29, 1.82) is 0 Å². The largest absolute Gasteiger partial charge is 0.494 e. The Kier molecular flexibility index (Phi) is 5.51. The Labute approximate surface area is 238 Å². The fraction of sp³-hybridized carbons (Fsp3) is 0.364. The number of piperidine rings is 1. The Bertz CT molecular complexity index is 1820. The number of pyridine rings is 1. The zero-order valence-corrected chi connectivity index (χ0v) is 23.5. The van der Waals surface area contributed by atoms with Crippen molar-refractivity contribution in [3.05, 3.63) is 66.5 Å². The number of carbonyl (C=O) groups excluding carboxylic acids is 1. The predicted octanol–water partition coefficient (Wildman–Crippen LogP) is 5.24. The predicted molar refractivity (Wildman–Crippen MR) is 160 cm³/mol. The number of imidazole rings is 1. The molecule has 3 atom stereocenters. The number of aromatic nitrogens is 4. The van der Waals surface area contributed by atoms with Crippen molar-refractivity contribution in [2.45, 2.75) is 44.3 Å². The number of nitrogens with two attached hydrogens (primary N) is 1. The third-order valence-corrected chi connectivity index (χ3v) is 9.58. The van der Waals surface area contributed by atoms with E-state index in [1.165, 1.54) is 23.7 Å². The highest BCUT2D eigenvalue weighted by atomic mass is 16.5. The molecule has 1 amide bonds. The van der Waals surface area contributed by atoms with Gasteiger partial charge >= 0.3 is 0 Å². The molecule has 208 valence electrons. The smallest absolute Gasteiger partial charge is 0.254 e. The average molecular weight is 547 g/mol. The second-order valence-corrected chi connectivity index (χ2v) is 12.1. The van der Waals surface area contributed by atoms with Gasteiger partial charge in [-0.15, -0.1) is 0 Å². The summed E-state index contributed by atoms with van der Waals surface area (Å²) < 4.78 is 10.4. The number of ether oxygens (including phenoxy) is 1. The van der Waals surface area contributed by atoms with Crippen LogP contribution >= 0.6 is 0 Å². The van der Waals surface area contributed by atoms with E-state index in [0.29, 0.717) is 23.1 Å². The molecule has 8 rings (SSSR count). The van der Waals surface area contributed by atoms with Gasteiger partial charge in [0.25, 0.3) is 5.91 Å². The number of amides is 1. The maximum atomic E-state index is 13.7. The van der Waals surface area contributed by atoms with Gasteiger partial charge in [0.2, 0.25) is 0 Å². The van der Waals surface area contributed by atoms with E-state index in [0.717, 1.165) is 59.6 Å². The molecule has 0 unspecified atom stereocenters. The quantitative estimate of drug-likeness (QED) is 0.315. The van der Waals surface area contributed by atoms with Crippen molar-refractivity contribution in [3.8, 4) is 28.4 Å². The molecule has 8 nitrogen and oxygen atoms in total. The number of likely N-dealkylation sites (tertiary alicyclic amines) is 1. The van der Waals surface area contributed by atoms with E-state index >= 15 is 0 Å². The fourth-order valence-corrected chi connectivity index (χ4v) is 7.17. The van der Waals surface area contributed by atoms with E-state index in [1.807, 2.05) is 36.3 Å². The van der Waals surface area contributed by atoms with E-state index in [1.54, 1.807) is 13.3 Å². The van der Waals surface area contributed by atoms with Gasteiger partial charge < -0.3 is 24.5 Å². The molecule has 8 heteroatoms. The standard InChI is InChI=1S/C33H34N6O2/c1-37-31-25(12-24(15-29(31)41-2)33(40)39-18-23-9-10-26(39)30(23)34)36-32(37)28-14-21-8-7-20(22-4-3-11-35-16-22)13-27(21)38(28)17-19-5-6-19/h3-4,7-8,11-16,19,23,26,30H,5-6,9-10,17-18,34H2,1-2H3/t23-,26-,30-/m1/s1. The number of fused-ring (bicyclic) bond motifs is 4.